The third kappa shape index (κ3) is 4.93. The zero-order chi connectivity index (χ0) is 16.8. The highest BCUT2D eigenvalue weighted by atomic mass is 32.1. The third-order valence-electron chi connectivity index (χ3n) is 3.49. The van der Waals surface area contributed by atoms with Gasteiger partial charge in [0.2, 0.25) is 0 Å². The van der Waals surface area contributed by atoms with Gasteiger partial charge in [0, 0.05) is 4.88 Å². The molecule has 1 amide bonds. The fourth-order valence-electron chi connectivity index (χ4n) is 2.11. The molecular formula is C18H21NO3S. The van der Waals surface area contributed by atoms with E-state index >= 15 is 0 Å². The lowest BCUT2D eigenvalue weighted by Gasteiger charge is -2.12. The Labute approximate surface area is 140 Å². The zero-order valence-electron chi connectivity index (χ0n) is 13.5. The molecule has 0 saturated carbocycles. The summed E-state index contributed by atoms with van der Waals surface area (Å²) in [4.78, 5) is 24.9. The molecule has 2 aromatic rings. The van der Waals surface area contributed by atoms with Gasteiger partial charge in [0.15, 0.2) is 6.61 Å². The number of carbonyl (C=O) groups excluding carboxylic acids is 2. The molecule has 0 aliphatic heterocycles. The van der Waals surface area contributed by atoms with Crippen molar-refractivity contribution in [3.63, 3.8) is 0 Å². The first-order chi connectivity index (χ1) is 11.0. The quantitative estimate of drug-likeness (QED) is 0.817. The molecule has 122 valence electrons. The van der Waals surface area contributed by atoms with Crippen molar-refractivity contribution >= 4 is 23.2 Å². The van der Waals surface area contributed by atoms with Crippen molar-refractivity contribution in [1.82, 2.24) is 5.32 Å². The fraction of sp³-hybridized carbons (Fsp3) is 0.333. The van der Waals surface area contributed by atoms with E-state index in [1.807, 2.05) is 36.6 Å². The Morgan fingerprint density at radius 2 is 1.83 bits per heavy atom. The zero-order valence-corrected chi connectivity index (χ0v) is 14.4. The van der Waals surface area contributed by atoms with Crippen molar-refractivity contribution in [3.05, 3.63) is 57.8 Å². The van der Waals surface area contributed by atoms with Crippen LogP contribution < -0.4 is 5.32 Å². The summed E-state index contributed by atoms with van der Waals surface area (Å²) in [5, 5.41) is 4.76. The van der Waals surface area contributed by atoms with Crippen LogP contribution in [0.1, 0.15) is 53.5 Å². The van der Waals surface area contributed by atoms with Crippen LogP contribution >= 0.6 is 11.3 Å². The average molecular weight is 331 g/mol. The lowest BCUT2D eigenvalue weighted by molar-refractivity contribution is -0.124. The standard InChI is InChI=1S/C18H21NO3S/c1-12(2)14-6-8-15(9-7-14)18(21)22-11-17(20)19-13(3)16-5-4-10-23-16/h4-10,12-13H,11H2,1-3H3,(H,19,20). The summed E-state index contributed by atoms with van der Waals surface area (Å²) in [7, 11) is 0. The normalized spacial score (nSPS) is 12.0. The van der Waals surface area contributed by atoms with Gasteiger partial charge in [0.25, 0.3) is 5.91 Å². The number of esters is 1. The Hall–Kier alpha value is -2.14. The Morgan fingerprint density at radius 3 is 2.39 bits per heavy atom. The van der Waals surface area contributed by atoms with Crippen molar-refractivity contribution in [2.75, 3.05) is 6.61 Å². The number of ether oxygens (including phenoxy) is 1. The van der Waals surface area contributed by atoms with Crippen LogP contribution in [0.2, 0.25) is 0 Å². The number of benzene rings is 1. The largest absolute Gasteiger partial charge is 0.452 e. The molecule has 1 aromatic heterocycles. The molecule has 1 N–H and O–H groups in total. The van der Waals surface area contributed by atoms with Gasteiger partial charge < -0.3 is 10.1 Å². The number of nitrogens with one attached hydrogen (secondary N) is 1. The Kier molecular flexibility index (Phi) is 5.93. The Bertz CT molecular complexity index is 647. The van der Waals surface area contributed by atoms with Crippen LogP contribution in [0.5, 0.6) is 0 Å². The topological polar surface area (TPSA) is 55.4 Å². The molecule has 2 rings (SSSR count). The second-order valence-corrected chi connectivity index (χ2v) is 6.64. The van der Waals surface area contributed by atoms with Crippen molar-refractivity contribution in [2.45, 2.75) is 32.7 Å². The minimum absolute atomic E-state index is 0.0912. The first-order valence-corrected chi connectivity index (χ1v) is 8.45. The van der Waals surface area contributed by atoms with Gasteiger partial charge >= 0.3 is 5.97 Å². The number of thiophene rings is 1. The Morgan fingerprint density at radius 1 is 1.13 bits per heavy atom. The van der Waals surface area contributed by atoms with Crippen molar-refractivity contribution in [1.29, 1.82) is 0 Å². The summed E-state index contributed by atoms with van der Waals surface area (Å²) >= 11 is 1.58. The third-order valence-corrected chi connectivity index (χ3v) is 4.55. The van der Waals surface area contributed by atoms with Crippen LogP contribution in [0.25, 0.3) is 0 Å². The molecule has 5 heteroatoms. The van der Waals surface area contributed by atoms with Crippen LogP contribution in [0.4, 0.5) is 0 Å². The molecule has 1 heterocycles. The van der Waals surface area contributed by atoms with Crippen molar-refractivity contribution in [2.24, 2.45) is 0 Å². The first-order valence-electron chi connectivity index (χ1n) is 7.57. The van der Waals surface area contributed by atoms with Crippen LogP contribution in [0, 0.1) is 0 Å². The minimum Gasteiger partial charge on any atom is -0.452 e. The summed E-state index contributed by atoms with van der Waals surface area (Å²) < 4.78 is 5.06. The molecule has 0 fully saturated rings. The molecule has 1 atom stereocenters. The lowest BCUT2D eigenvalue weighted by atomic mass is 10.0. The maximum atomic E-state index is 11.9. The highest BCUT2D eigenvalue weighted by molar-refractivity contribution is 7.10. The van der Waals surface area contributed by atoms with E-state index in [-0.39, 0.29) is 18.6 Å². The molecule has 23 heavy (non-hydrogen) atoms. The van der Waals surface area contributed by atoms with E-state index in [1.165, 1.54) is 0 Å². The molecule has 1 unspecified atom stereocenters. The molecule has 0 saturated heterocycles. The van der Waals surface area contributed by atoms with Gasteiger partial charge in [-0.1, -0.05) is 32.0 Å². The van der Waals surface area contributed by atoms with Crippen LogP contribution in [-0.2, 0) is 9.53 Å². The molecule has 1 aromatic carbocycles. The van der Waals surface area contributed by atoms with Crippen LogP contribution in [-0.4, -0.2) is 18.5 Å². The summed E-state index contributed by atoms with van der Waals surface area (Å²) in [5.74, 6) is -0.387. The molecular weight excluding hydrogens is 310 g/mol. The number of carbonyl (C=O) groups is 2. The van der Waals surface area contributed by atoms with E-state index in [2.05, 4.69) is 19.2 Å². The van der Waals surface area contributed by atoms with Crippen LogP contribution in [0.15, 0.2) is 41.8 Å². The first kappa shape index (κ1) is 17.2. The van der Waals surface area contributed by atoms with E-state index in [0.29, 0.717) is 11.5 Å². The van der Waals surface area contributed by atoms with Crippen LogP contribution in [0.3, 0.4) is 0 Å². The number of hydrogen-bond acceptors (Lipinski definition) is 4. The van der Waals surface area contributed by atoms with E-state index in [1.54, 1.807) is 23.5 Å². The molecule has 0 aliphatic rings. The van der Waals surface area contributed by atoms with E-state index in [9.17, 15) is 9.59 Å². The maximum Gasteiger partial charge on any atom is 0.338 e. The van der Waals surface area contributed by atoms with Crippen molar-refractivity contribution < 1.29 is 14.3 Å². The summed E-state index contributed by atoms with van der Waals surface area (Å²) in [6.07, 6.45) is 0. The van der Waals surface area contributed by atoms with Gasteiger partial charge in [0.05, 0.1) is 11.6 Å². The Balaban J connectivity index is 1.82. The van der Waals surface area contributed by atoms with Gasteiger partial charge in [-0.25, -0.2) is 4.79 Å². The predicted octanol–water partition coefficient (Wildman–Crippen LogP) is 3.91. The van der Waals surface area contributed by atoms with Gasteiger partial charge in [-0.05, 0) is 42.0 Å². The van der Waals surface area contributed by atoms with Gasteiger partial charge in [-0.15, -0.1) is 11.3 Å². The smallest absolute Gasteiger partial charge is 0.338 e. The molecule has 0 aliphatic carbocycles. The number of rotatable bonds is 6. The van der Waals surface area contributed by atoms with E-state index in [0.717, 1.165) is 10.4 Å². The summed E-state index contributed by atoms with van der Waals surface area (Å²) in [5.41, 5.74) is 1.61. The predicted molar refractivity (Wildman–Crippen MR) is 91.7 cm³/mol. The summed E-state index contributed by atoms with van der Waals surface area (Å²) in [6, 6.07) is 11.1. The number of amides is 1. The van der Waals surface area contributed by atoms with Gasteiger partial charge in [0.1, 0.15) is 0 Å². The molecule has 0 spiro atoms. The molecule has 4 nitrogen and oxygen atoms in total. The second-order valence-electron chi connectivity index (χ2n) is 5.66. The monoisotopic (exact) mass is 331 g/mol. The summed E-state index contributed by atoms with van der Waals surface area (Å²) in [6.45, 7) is 5.80. The average Bonchev–Trinajstić information content (AvgIpc) is 3.07. The number of hydrogen-bond donors (Lipinski definition) is 1. The van der Waals surface area contributed by atoms with E-state index < -0.39 is 5.97 Å². The highest BCUT2D eigenvalue weighted by Gasteiger charge is 2.13. The van der Waals surface area contributed by atoms with E-state index in [4.69, 9.17) is 4.74 Å². The maximum absolute atomic E-state index is 11.9. The molecule has 0 bridgehead atoms. The van der Waals surface area contributed by atoms with Gasteiger partial charge in [-0.2, -0.15) is 0 Å². The van der Waals surface area contributed by atoms with Crippen molar-refractivity contribution in [3.8, 4) is 0 Å². The SMILES string of the molecule is CC(C)c1ccc(C(=O)OCC(=O)NC(C)c2cccs2)cc1. The second kappa shape index (κ2) is 7.92. The highest BCUT2D eigenvalue weighted by Crippen LogP contribution is 2.18. The minimum atomic E-state index is -0.487. The fourth-order valence-corrected chi connectivity index (χ4v) is 2.84. The molecule has 0 radical (unpaired) electrons. The lowest BCUT2D eigenvalue weighted by Crippen LogP contribution is -2.30. The van der Waals surface area contributed by atoms with Gasteiger partial charge in [-0.3, -0.25) is 4.79 Å².